The Kier molecular flexibility index (Phi) is 5.15. The molecule has 0 heterocycles. The molecule has 1 amide bonds. The molecule has 2 rings (SSSR count). The molecule has 21 heavy (non-hydrogen) atoms. The third-order valence-corrected chi connectivity index (χ3v) is 2.79. The molecule has 0 aliphatic rings. The van der Waals surface area contributed by atoms with Crippen LogP contribution in [0.5, 0.6) is 0 Å². The predicted octanol–water partition coefficient (Wildman–Crippen LogP) is 4.01. The van der Waals surface area contributed by atoms with Crippen LogP contribution in [0.2, 0.25) is 0 Å². The minimum absolute atomic E-state index is 0.263. The van der Waals surface area contributed by atoms with Crippen molar-refractivity contribution in [1.29, 1.82) is 0 Å². The summed E-state index contributed by atoms with van der Waals surface area (Å²) < 4.78 is 17.6. The highest BCUT2D eigenvalue weighted by Gasteiger charge is 2.02. The van der Waals surface area contributed by atoms with E-state index < -0.39 is 6.09 Å². The number of hydrogen-bond acceptors (Lipinski definition) is 3. The normalized spacial score (nSPS) is 10.0. The number of carbonyl (C=O) groups is 1. The quantitative estimate of drug-likeness (QED) is 0.874. The third-order valence-electron chi connectivity index (χ3n) is 2.79. The number of amides is 1. The van der Waals surface area contributed by atoms with E-state index in [0.29, 0.717) is 18.8 Å². The van der Waals surface area contributed by atoms with E-state index in [2.05, 4.69) is 10.6 Å². The lowest BCUT2D eigenvalue weighted by atomic mass is 10.2. The zero-order chi connectivity index (χ0) is 15.1. The Morgan fingerprint density at radius 2 is 1.90 bits per heavy atom. The SMILES string of the molecule is CCOC(=O)Nc1cccc(CNc2ccc(F)cc2)c1. The fourth-order valence-corrected chi connectivity index (χ4v) is 1.82. The van der Waals surface area contributed by atoms with Gasteiger partial charge in [0.25, 0.3) is 0 Å². The molecule has 0 atom stereocenters. The predicted molar refractivity (Wildman–Crippen MR) is 80.8 cm³/mol. The number of halogens is 1. The van der Waals surface area contributed by atoms with Crippen LogP contribution in [0.1, 0.15) is 12.5 Å². The number of ether oxygens (including phenoxy) is 1. The summed E-state index contributed by atoms with van der Waals surface area (Å²) in [7, 11) is 0. The summed E-state index contributed by atoms with van der Waals surface area (Å²) in [5.74, 6) is -0.263. The number of anilines is 2. The maximum absolute atomic E-state index is 12.8. The first-order valence-electron chi connectivity index (χ1n) is 6.69. The van der Waals surface area contributed by atoms with Crippen LogP contribution in [0.15, 0.2) is 48.5 Å². The van der Waals surface area contributed by atoms with Gasteiger partial charge in [0.15, 0.2) is 0 Å². The molecule has 0 radical (unpaired) electrons. The van der Waals surface area contributed by atoms with Gasteiger partial charge in [0.2, 0.25) is 0 Å². The van der Waals surface area contributed by atoms with Crippen molar-refractivity contribution in [3.05, 3.63) is 59.9 Å². The van der Waals surface area contributed by atoms with E-state index in [1.54, 1.807) is 25.1 Å². The highest BCUT2D eigenvalue weighted by molar-refractivity contribution is 5.84. The second kappa shape index (κ2) is 7.28. The van der Waals surface area contributed by atoms with E-state index in [9.17, 15) is 9.18 Å². The highest BCUT2D eigenvalue weighted by Crippen LogP contribution is 2.14. The Morgan fingerprint density at radius 3 is 2.62 bits per heavy atom. The average Bonchev–Trinajstić information content (AvgIpc) is 2.47. The molecule has 0 saturated heterocycles. The van der Waals surface area contributed by atoms with Crippen molar-refractivity contribution in [2.75, 3.05) is 17.2 Å². The first-order valence-corrected chi connectivity index (χ1v) is 6.69. The summed E-state index contributed by atoms with van der Waals surface area (Å²) in [6.45, 7) is 2.66. The van der Waals surface area contributed by atoms with E-state index in [1.165, 1.54) is 12.1 Å². The summed E-state index contributed by atoms with van der Waals surface area (Å²) in [5.41, 5.74) is 2.50. The van der Waals surface area contributed by atoms with Crippen LogP contribution >= 0.6 is 0 Å². The average molecular weight is 288 g/mol. The largest absolute Gasteiger partial charge is 0.450 e. The summed E-state index contributed by atoms with van der Waals surface area (Å²) in [6, 6.07) is 13.6. The molecule has 4 nitrogen and oxygen atoms in total. The van der Waals surface area contributed by atoms with Crippen molar-refractivity contribution >= 4 is 17.5 Å². The standard InChI is InChI=1S/C16H17FN2O2/c1-2-21-16(20)19-15-5-3-4-12(10-15)11-18-14-8-6-13(17)7-9-14/h3-10,18H,2,11H2,1H3,(H,19,20). The van der Waals surface area contributed by atoms with Crippen molar-refractivity contribution in [3.8, 4) is 0 Å². The van der Waals surface area contributed by atoms with Crippen molar-refractivity contribution < 1.29 is 13.9 Å². The maximum atomic E-state index is 12.8. The van der Waals surface area contributed by atoms with Gasteiger partial charge in [-0.25, -0.2) is 9.18 Å². The monoisotopic (exact) mass is 288 g/mol. The third kappa shape index (κ3) is 4.80. The summed E-state index contributed by atoms with van der Waals surface area (Å²) in [4.78, 5) is 11.4. The Balaban J connectivity index is 1.94. The molecule has 0 spiro atoms. The number of rotatable bonds is 5. The van der Waals surface area contributed by atoms with Gasteiger partial charge >= 0.3 is 6.09 Å². The van der Waals surface area contributed by atoms with E-state index in [4.69, 9.17) is 4.74 Å². The van der Waals surface area contributed by atoms with Crippen molar-refractivity contribution in [3.63, 3.8) is 0 Å². The molecule has 0 fully saturated rings. The van der Waals surface area contributed by atoms with E-state index in [1.807, 2.05) is 18.2 Å². The molecule has 0 aliphatic carbocycles. The van der Waals surface area contributed by atoms with Crippen molar-refractivity contribution in [2.45, 2.75) is 13.5 Å². The molecule has 0 saturated carbocycles. The highest BCUT2D eigenvalue weighted by atomic mass is 19.1. The van der Waals surface area contributed by atoms with Crippen LogP contribution in [-0.4, -0.2) is 12.7 Å². The van der Waals surface area contributed by atoms with Gasteiger partial charge in [0.1, 0.15) is 5.82 Å². The Labute approximate surface area is 122 Å². The van der Waals surface area contributed by atoms with Crippen molar-refractivity contribution in [2.24, 2.45) is 0 Å². The lowest BCUT2D eigenvalue weighted by Gasteiger charge is -2.09. The van der Waals surface area contributed by atoms with Crippen LogP contribution in [-0.2, 0) is 11.3 Å². The molecular weight excluding hydrogens is 271 g/mol. The Morgan fingerprint density at radius 1 is 1.14 bits per heavy atom. The van der Waals surface area contributed by atoms with Gasteiger partial charge < -0.3 is 10.1 Å². The zero-order valence-corrected chi connectivity index (χ0v) is 11.7. The first-order chi connectivity index (χ1) is 10.2. The van der Waals surface area contributed by atoms with Gasteiger partial charge in [-0.15, -0.1) is 0 Å². The van der Waals surface area contributed by atoms with Crippen LogP contribution in [0, 0.1) is 5.82 Å². The number of benzene rings is 2. The number of nitrogens with one attached hydrogen (secondary N) is 2. The minimum atomic E-state index is -0.471. The van der Waals surface area contributed by atoms with Crippen LogP contribution in [0.3, 0.4) is 0 Å². The van der Waals surface area contributed by atoms with Gasteiger partial charge in [-0.2, -0.15) is 0 Å². The van der Waals surface area contributed by atoms with Gasteiger partial charge in [0, 0.05) is 17.9 Å². The van der Waals surface area contributed by atoms with Crippen molar-refractivity contribution in [1.82, 2.24) is 0 Å². The zero-order valence-electron chi connectivity index (χ0n) is 11.7. The van der Waals surface area contributed by atoms with Crippen LogP contribution < -0.4 is 10.6 Å². The first kappa shape index (κ1) is 14.8. The molecule has 5 heteroatoms. The summed E-state index contributed by atoms with van der Waals surface area (Å²) >= 11 is 0. The number of carbonyl (C=O) groups excluding carboxylic acids is 1. The maximum Gasteiger partial charge on any atom is 0.411 e. The van der Waals surface area contributed by atoms with Gasteiger partial charge in [-0.3, -0.25) is 5.32 Å². The molecule has 0 bridgehead atoms. The van der Waals surface area contributed by atoms with Gasteiger partial charge in [-0.05, 0) is 48.9 Å². The van der Waals surface area contributed by atoms with Crippen LogP contribution in [0.25, 0.3) is 0 Å². The Hall–Kier alpha value is -2.56. The number of hydrogen-bond donors (Lipinski definition) is 2. The molecule has 110 valence electrons. The molecule has 0 aromatic heterocycles. The molecule has 2 N–H and O–H groups in total. The molecular formula is C16H17FN2O2. The van der Waals surface area contributed by atoms with E-state index in [0.717, 1.165) is 11.3 Å². The second-order valence-electron chi connectivity index (χ2n) is 4.41. The van der Waals surface area contributed by atoms with Gasteiger partial charge in [-0.1, -0.05) is 12.1 Å². The minimum Gasteiger partial charge on any atom is -0.450 e. The van der Waals surface area contributed by atoms with E-state index >= 15 is 0 Å². The molecule has 2 aromatic carbocycles. The Bertz CT molecular complexity index is 599. The van der Waals surface area contributed by atoms with E-state index in [-0.39, 0.29) is 5.82 Å². The topological polar surface area (TPSA) is 50.4 Å². The molecule has 2 aromatic rings. The lowest BCUT2D eigenvalue weighted by molar-refractivity contribution is 0.168. The summed E-state index contributed by atoms with van der Waals surface area (Å²) in [6.07, 6.45) is -0.471. The molecule has 0 aliphatic heterocycles. The second-order valence-corrected chi connectivity index (χ2v) is 4.41. The fourth-order valence-electron chi connectivity index (χ4n) is 1.82. The van der Waals surface area contributed by atoms with Gasteiger partial charge in [0.05, 0.1) is 6.61 Å². The summed E-state index contributed by atoms with van der Waals surface area (Å²) in [5, 5.41) is 5.83. The fraction of sp³-hybridized carbons (Fsp3) is 0.188. The van der Waals surface area contributed by atoms with Crippen LogP contribution in [0.4, 0.5) is 20.6 Å². The smallest absolute Gasteiger partial charge is 0.411 e. The lowest BCUT2D eigenvalue weighted by Crippen LogP contribution is -2.13. The molecule has 0 unspecified atom stereocenters.